The van der Waals surface area contributed by atoms with Crippen LogP contribution >= 0.6 is 23.4 Å². The van der Waals surface area contributed by atoms with Crippen LogP contribution in [0.15, 0.2) is 29.4 Å². The maximum absolute atomic E-state index is 11.2. The SMILES string of the molecule is CN1N=C(c2ccc(Cl)cc2)CSC1=O. The molecule has 0 atom stereocenters. The van der Waals surface area contributed by atoms with E-state index in [9.17, 15) is 4.79 Å². The van der Waals surface area contributed by atoms with E-state index in [0.29, 0.717) is 10.8 Å². The molecule has 0 unspecified atom stereocenters. The number of carbonyl (C=O) groups excluding carboxylic acids is 1. The van der Waals surface area contributed by atoms with Crippen molar-refractivity contribution < 1.29 is 4.79 Å². The summed E-state index contributed by atoms with van der Waals surface area (Å²) >= 11 is 7.05. The fourth-order valence-corrected chi connectivity index (χ4v) is 2.10. The third-order valence-corrected chi connectivity index (χ3v) is 3.23. The van der Waals surface area contributed by atoms with Crippen molar-refractivity contribution in [3.8, 4) is 0 Å². The van der Waals surface area contributed by atoms with E-state index in [1.54, 1.807) is 7.05 Å². The third kappa shape index (κ3) is 2.33. The predicted molar refractivity (Wildman–Crippen MR) is 63.6 cm³/mol. The lowest BCUT2D eigenvalue weighted by atomic mass is 10.1. The zero-order chi connectivity index (χ0) is 10.8. The molecule has 15 heavy (non-hydrogen) atoms. The molecule has 0 radical (unpaired) electrons. The van der Waals surface area contributed by atoms with Crippen LogP contribution in [0, 0.1) is 0 Å². The zero-order valence-corrected chi connectivity index (χ0v) is 9.68. The largest absolute Gasteiger partial charge is 0.301 e. The number of hydrazone groups is 1. The van der Waals surface area contributed by atoms with Crippen LogP contribution in [0.5, 0.6) is 0 Å². The molecule has 1 amide bonds. The van der Waals surface area contributed by atoms with Gasteiger partial charge in [-0.1, -0.05) is 35.5 Å². The van der Waals surface area contributed by atoms with Gasteiger partial charge in [-0.25, -0.2) is 5.01 Å². The van der Waals surface area contributed by atoms with Gasteiger partial charge >= 0.3 is 5.24 Å². The number of rotatable bonds is 1. The maximum atomic E-state index is 11.2. The lowest BCUT2D eigenvalue weighted by molar-refractivity contribution is 0.235. The van der Waals surface area contributed by atoms with Gasteiger partial charge in [-0.05, 0) is 17.7 Å². The molecule has 1 aliphatic rings. The summed E-state index contributed by atoms with van der Waals surface area (Å²) in [6.45, 7) is 0. The molecule has 0 spiro atoms. The molecule has 3 nitrogen and oxygen atoms in total. The Labute approximate surface area is 97.1 Å². The Kier molecular flexibility index (Phi) is 2.98. The molecule has 0 N–H and O–H groups in total. The van der Waals surface area contributed by atoms with Gasteiger partial charge in [0.05, 0.1) is 5.71 Å². The lowest BCUT2D eigenvalue weighted by Gasteiger charge is -2.18. The Morgan fingerprint density at radius 3 is 2.67 bits per heavy atom. The van der Waals surface area contributed by atoms with Gasteiger partial charge in [-0.2, -0.15) is 5.10 Å². The second-order valence-electron chi connectivity index (χ2n) is 3.13. The first-order valence-corrected chi connectivity index (χ1v) is 5.77. The number of halogens is 1. The van der Waals surface area contributed by atoms with Gasteiger partial charge in [0.25, 0.3) is 0 Å². The van der Waals surface area contributed by atoms with E-state index in [-0.39, 0.29) is 5.24 Å². The highest BCUT2D eigenvalue weighted by Gasteiger charge is 2.18. The van der Waals surface area contributed by atoms with Crippen LogP contribution in [0.3, 0.4) is 0 Å². The second kappa shape index (κ2) is 4.24. The highest BCUT2D eigenvalue weighted by Crippen LogP contribution is 2.19. The predicted octanol–water partition coefficient (Wildman–Crippen LogP) is 2.84. The van der Waals surface area contributed by atoms with E-state index < -0.39 is 0 Å². The summed E-state index contributed by atoms with van der Waals surface area (Å²) in [5.74, 6) is 0.616. The average molecular weight is 241 g/mol. The monoisotopic (exact) mass is 240 g/mol. The fraction of sp³-hybridized carbons (Fsp3) is 0.200. The van der Waals surface area contributed by atoms with Gasteiger partial charge in [-0.15, -0.1) is 0 Å². The van der Waals surface area contributed by atoms with Gasteiger partial charge in [0, 0.05) is 17.8 Å². The molecular formula is C10H9ClN2OS. The summed E-state index contributed by atoms with van der Waals surface area (Å²) in [4.78, 5) is 11.2. The van der Waals surface area contributed by atoms with Crippen molar-refractivity contribution in [2.24, 2.45) is 5.10 Å². The van der Waals surface area contributed by atoms with Crippen molar-refractivity contribution in [3.63, 3.8) is 0 Å². The summed E-state index contributed by atoms with van der Waals surface area (Å²) < 4.78 is 0. The van der Waals surface area contributed by atoms with Crippen molar-refractivity contribution in [1.29, 1.82) is 0 Å². The standard InChI is InChI=1S/C10H9ClN2OS/c1-13-10(14)15-6-9(12-13)7-2-4-8(11)5-3-7/h2-5H,6H2,1H3. The Morgan fingerprint density at radius 2 is 2.07 bits per heavy atom. The molecule has 2 rings (SSSR count). The van der Waals surface area contributed by atoms with E-state index in [2.05, 4.69) is 5.10 Å². The average Bonchev–Trinajstić information content (AvgIpc) is 2.23. The number of amides is 1. The number of thioether (sulfide) groups is 1. The van der Waals surface area contributed by atoms with Crippen molar-refractivity contribution in [2.45, 2.75) is 0 Å². The van der Waals surface area contributed by atoms with E-state index in [1.165, 1.54) is 16.8 Å². The number of nitrogens with zero attached hydrogens (tertiary/aromatic N) is 2. The molecule has 0 aromatic heterocycles. The second-order valence-corrected chi connectivity index (χ2v) is 4.49. The van der Waals surface area contributed by atoms with Crippen LogP contribution in [0.2, 0.25) is 5.02 Å². The number of benzene rings is 1. The Bertz CT molecular complexity index is 416. The molecule has 0 aliphatic carbocycles. The van der Waals surface area contributed by atoms with Crippen LogP contribution in [-0.4, -0.2) is 28.8 Å². The summed E-state index contributed by atoms with van der Waals surface area (Å²) in [5, 5.41) is 6.24. The molecular weight excluding hydrogens is 232 g/mol. The molecule has 1 aromatic rings. The Morgan fingerprint density at radius 1 is 1.40 bits per heavy atom. The molecule has 1 aliphatic heterocycles. The minimum atomic E-state index is -0.0206. The first-order valence-electron chi connectivity index (χ1n) is 4.41. The lowest BCUT2D eigenvalue weighted by Crippen LogP contribution is -2.26. The van der Waals surface area contributed by atoms with Crippen LogP contribution in [0.1, 0.15) is 5.56 Å². The topological polar surface area (TPSA) is 32.7 Å². The maximum Gasteiger partial charge on any atom is 0.301 e. The molecule has 5 heteroatoms. The number of carbonyl (C=O) groups is 1. The smallest absolute Gasteiger partial charge is 0.260 e. The van der Waals surface area contributed by atoms with Gasteiger partial charge in [0.15, 0.2) is 0 Å². The van der Waals surface area contributed by atoms with Gasteiger partial charge in [0.1, 0.15) is 0 Å². The molecule has 0 fully saturated rings. The third-order valence-electron chi connectivity index (χ3n) is 2.04. The molecule has 78 valence electrons. The fourth-order valence-electron chi connectivity index (χ4n) is 1.26. The number of hydrogen-bond acceptors (Lipinski definition) is 3. The van der Waals surface area contributed by atoms with Crippen LogP contribution in [0.25, 0.3) is 0 Å². The van der Waals surface area contributed by atoms with Gasteiger partial charge in [-0.3, -0.25) is 4.79 Å². The van der Waals surface area contributed by atoms with E-state index >= 15 is 0 Å². The summed E-state index contributed by atoms with van der Waals surface area (Å²) in [5.41, 5.74) is 1.91. The minimum absolute atomic E-state index is 0.0206. The molecule has 0 bridgehead atoms. The van der Waals surface area contributed by atoms with Crippen LogP contribution in [0.4, 0.5) is 4.79 Å². The summed E-state index contributed by atoms with van der Waals surface area (Å²) in [6.07, 6.45) is 0. The Hall–Kier alpha value is -1.00. The van der Waals surface area contributed by atoms with Crippen LogP contribution in [-0.2, 0) is 0 Å². The quantitative estimate of drug-likeness (QED) is 0.756. The zero-order valence-electron chi connectivity index (χ0n) is 8.11. The molecule has 0 saturated carbocycles. The van der Waals surface area contributed by atoms with Gasteiger partial charge < -0.3 is 0 Å². The van der Waals surface area contributed by atoms with Crippen molar-refractivity contribution in [3.05, 3.63) is 34.9 Å². The summed E-state index contributed by atoms with van der Waals surface area (Å²) in [6, 6.07) is 7.46. The van der Waals surface area contributed by atoms with E-state index in [1.807, 2.05) is 24.3 Å². The number of hydrogen-bond donors (Lipinski definition) is 0. The van der Waals surface area contributed by atoms with E-state index in [0.717, 1.165) is 11.3 Å². The highest BCUT2D eigenvalue weighted by molar-refractivity contribution is 8.14. The normalized spacial score (nSPS) is 16.5. The highest BCUT2D eigenvalue weighted by atomic mass is 35.5. The van der Waals surface area contributed by atoms with Crippen molar-refractivity contribution in [2.75, 3.05) is 12.8 Å². The molecule has 1 heterocycles. The molecule has 0 saturated heterocycles. The van der Waals surface area contributed by atoms with Crippen molar-refractivity contribution in [1.82, 2.24) is 5.01 Å². The first kappa shape index (κ1) is 10.5. The molecule has 1 aromatic carbocycles. The Balaban J connectivity index is 2.28. The van der Waals surface area contributed by atoms with E-state index in [4.69, 9.17) is 11.6 Å². The van der Waals surface area contributed by atoms with Crippen LogP contribution < -0.4 is 0 Å². The van der Waals surface area contributed by atoms with Crippen molar-refractivity contribution >= 4 is 34.3 Å². The van der Waals surface area contributed by atoms with Gasteiger partial charge in [0.2, 0.25) is 0 Å². The first-order chi connectivity index (χ1) is 7.16. The minimum Gasteiger partial charge on any atom is -0.260 e. The summed E-state index contributed by atoms with van der Waals surface area (Å²) in [7, 11) is 1.66.